The maximum Gasteiger partial charge on any atom is 0.130 e. The molecule has 0 amide bonds. The molecule has 3 rings (SSSR count). The summed E-state index contributed by atoms with van der Waals surface area (Å²) in [6, 6.07) is 15.6. The van der Waals surface area contributed by atoms with Crippen LogP contribution >= 0.6 is 0 Å². The number of fused-ring (bicyclic) bond motifs is 1. The van der Waals surface area contributed by atoms with Gasteiger partial charge in [0.15, 0.2) is 0 Å². The summed E-state index contributed by atoms with van der Waals surface area (Å²) in [5.74, 6) is 1.07. The summed E-state index contributed by atoms with van der Waals surface area (Å²) in [7, 11) is 0. The Morgan fingerprint density at radius 2 is 1.95 bits per heavy atom. The fraction of sp³-hybridized carbons (Fsp3) is 0.333. The number of ether oxygens (including phenoxy) is 1. The van der Waals surface area contributed by atoms with Gasteiger partial charge in [0, 0.05) is 18.0 Å². The molecule has 0 aliphatic carbocycles. The molecule has 0 radical (unpaired) electrons. The van der Waals surface area contributed by atoms with Crippen LogP contribution in [0.2, 0.25) is 0 Å². The molecule has 0 saturated heterocycles. The van der Waals surface area contributed by atoms with Crippen LogP contribution in [0.1, 0.15) is 31.0 Å². The van der Waals surface area contributed by atoms with Crippen molar-refractivity contribution in [3.05, 3.63) is 53.6 Å². The van der Waals surface area contributed by atoms with E-state index in [1.807, 2.05) is 0 Å². The number of hydrogen-bond acceptors (Lipinski definition) is 2. The van der Waals surface area contributed by atoms with Gasteiger partial charge in [0.1, 0.15) is 5.75 Å². The van der Waals surface area contributed by atoms with E-state index in [-0.39, 0.29) is 0 Å². The lowest BCUT2D eigenvalue weighted by molar-refractivity contribution is 0.358. The second-order valence-electron chi connectivity index (χ2n) is 5.29. The van der Waals surface area contributed by atoms with E-state index in [0.29, 0.717) is 6.04 Å². The maximum atomic E-state index is 5.79. The van der Waals surface area contributed by atoms with Crippen LogP contribution in [0.25, 0.3) is 11.1 Å². The van der Waals surface area contributed by atoms with E-state index in [9.17, 15) is 0 Å². The molecule has 0 fully saturated rings. The minimum absolute atomic E-state index is 0.395. The van der Waals surface area contributed by atoms with E-state index in [1.165, 1.54) is 22.3 Å². The molecule has 1 N–H and O–H groups in total. The molecule has 2 nitrogen and oxygen atoms in total. The first-order chi connectivity index (χ1) is 9.79. The highest BCUT2D eigenvalue weighted by atomic mass is 16.5. The smallest absolute Gasteiger partial charge is 0.130 e. The van der Waals surface area contributed by atoms with E-state index in [2.05, 4.69) is 61.6 Å². The van der Waals surface area contributed by atoms with Crippen molar-refractivity contribution in [1.82, 2.24) is 5.32 Å². The van der Waals surface area contributed by atoms with Gasteiger partial charge in [-0.15, -0.1) is 0 Å². The molecule has 0 spiro atoms. The number of hydrogen-bond donors (Lipinski definition) is 1. The van der Waals surface area contributed by atoms with Gasteiger partial charge in [0.05, 0.1) is 6.61 Å². The van der Waals surface area contributed by atoms with Crippen LogP contribution in [0.5, 0.6) is 5.75 Å². The number of para-hydroxylation sites is 1. The molecule has 2 heteroatoms. The molecule has 0 bridgehead atoms. The van der Waals surface area contributed by atoms with Crippen LogP contribution in [-0.4, -0.2) is 13.2 Å². The van der Waals surface area contributed by atoms with Crippen molar-refractivity contribution in [1.29, 1.82) is 0 Å². The van der Waals surface area contributed by atoms with Crippen molar-refractivity contribution >= 4 is 0 Å². The average molecular weight is 267 g/mol. The zero-order chi connectivity index (χ0) is 13.9. The van der Waals surface area contributed by atoms with Crippen LogP contribution in [0, 0.1) is 0 Å². The summed E-state index contributed by atoms with van der Waals surface area (Å²) in [6.07, 6.45) is 1.03. The van der Waals surface area contributed by atoms with Crippen LogP contribution in [0.4, 0.5) is 0 Å². The fourth-order valence-corrected chi connectivity index (χ4v) is 2.82. The largest absolute Gasteiger partial charge is 0.492 e. The van der Waals surface area contributed by atoms with Crippen molar-refractivity contribution in [2.24, 2.45) is 0 Å². The highest BCUT2D eigenvalue weighted by Crippen LogP contribution is 2.36. The lowest BCUT2D eigenvalue weighted by Crippen LogP contribution is -2.17. The third-order valence-electron chi connectivity index (χ3n) is 3.95. The third-order valence-corrected chi connectivity index (χ3v) is 3.95. The van der Waals surface area contributed by atoms with Gasteiger partial charge < -0.3 is 10.1 Å². The Kier molecular flexibility index (Phi) is 3.75. The quantitative estimate of drug-likeness (QED) is 0.905. The van der Waals surface area contributed by atoms with Crippen molar-refractivity contribution in [2.75, 3.05) is 13.2 Å². The van der Waals surface area contributed by atoms with Crippen LogP contribution in [0.15, 0.2) is 42.5 Å². The number of benzene rings is 2. The van der Waals surface area contributed by atoms with E-state index in [0.717, 1.165) is 25.3 Å². The van der Waals surface area contributed by atoms with Crippen LogP contribution in [0.3, 0.4) is 0 Å². The van der Waals surface area contributed by atoms with E-state index >= 15 is 0 Å². The zero-order valence-electron chi connectivity index (χ0n) is 12.1. The van der Waals surface area contributed by atoms with Crippen molar-refractivity contribution < 1.29 is 4.74 Å². The average Bonchev–Trinajstić information content (AvgIpc) is 2.96. The van der Waals surface area contributed by atoms with E-state index in [1.54, 1.807) is 0 Å². The molecule has 1 aliphatic rings. The first-order valence-corrected chi connectivity index (χ1v) is 7.38. The minimum atomic E-state index is 0.395. The molecular formula is C18H21NO. The first-order valence-electron chi connectivity index (χ1n) is 7.38. The van der Waals surface area contributed by atoms with Gasteiger partial charge in [0.2, 0.25) is 0 Å². The molecule has 20 heavy (non-hydrogen) atoms. The highest BCUT2D eigenvalue weighted by molar-refractivity contribution is 5.73. The Morgan fingerprint density at radius 3 is 2.70 bits per heavy atom. The summed E-state index contributed by atoms with van der Waals surface area (Å²) < 4.78 is 5.79. The molecule has 104 valence electrons. The summed E-state index contributed by atoms with van der Waals surface area (Å²) in [4.78, 5) is 0. The summed E-state index contributed by atoms with van der Waals surface area (Å²) in [5.41, 5.74) is 5.09. The predicted molar refractivity (Wildman–Crippen MR) is 83.2 cm³/mol. The Bertz CT molecular complexity index is 589. The lowest BCUT2D eigenvalue weighted by Gasteiger charge is -2.14. The van der Waals surface area contributed by atoms with Crippen LogP contribution < -0.4 is 10.1 Å². The van der Waals surface area contributed by atoms with Gasteiger partial charge in [0.25, 0.3) is 0 Å². The van der Waals surface area contributed by atoms with Crippen LogP contribution in [-0.2, 0) is 6.42 Å². The van der Waals surface area contributed by atoms with Gasteiger partial charge in [-0.25, -0.2) is 0 Å². The van der Waals surface area contributed by atoms with E-state index < -0.39 is 0 Å². The van der Waals surface area contributed by atoms with Gasteiger partial charge in [-0.05, 0) is 30.2 Å². The summed E-state index contributed by atoms with van der Waals surface area (Å²) in [6.45, 7) is 6.13. The molecule has 2 aromatic rings. The molecule has 0 aromatic heterocycles. The maximum absolute atomic E-state index is 5.79. The zero-order valence-corrected chi connectivity index (χ0v) is 12.1. The molecule has 2 aromatic carbocycles. The van der Waals surface area contributed by atoms with Gasteiger partial charge in [-0.2, -0.15) is 0 Å². The topological polar surface area (TPSA) is 21.3 Å². The molecule has 1 unspecified atom stereocenters. The monoisotopic (exact) mass is 267 g/mol. The molecular weight excluding hydrogens is 246 g/mol. The third kappa shape index (κ3) is 2.44. The molecule has 1 atom stereocenters. The lowest BCUT2D eigenvalue weighted by atomic mass is 9.98. The second kappa shape index (κ2) is 5.68. The van der Waals surface area contributed by atoms with Crippen molar-refractivity contribution in [2.45, 2.75) is 26.3 Å². The molecule has 1 aliphatic heterocycles. The SMILES string of the molecule is CCNC(C)c1ccc(-c2cccc3c2OCC3)cc1. The summed E-state index contributed by atoms with van der Waals surface area (Å²) in [5, 5.41) is 3.44. The Balaban J connectivity index is 1.90. The predicted octanol–water partition coefficient (Wildman–Crippen LogP) is 3.96. The van der Waals surface area contributed by atoms with Gasteiger partial charge in [-0.1, -0.05) is 49.4 Å². The van der Waals surface area contributed by atoms with Crippen molar-refractivity contribution in [3.63, 3.8) is 0 Å². The number of nitrogens with one attached hydrogen (secondary N) is 1. The van der Waals surface area contributed by atoms with Gasteiger partial charge >= 0.3 is 0 Å². The van der Waals surface area contributed by atoms with Gasteiger partial charge in [-0.3, -0.25) is 0 Å². The van der Waals surface area contributed by atoms with Crippen molar-refractivity contribution in [3.8, 4) is 16.9 Å². The number of rotatable bonds is 4. The first kappa shape index (κ1) is 13.2. The second-order valence-corrected chi connectivity index (χ2v) is 5.29. The standard InChI is InChI=1S/C18H21NO/c1-3-19-13(2)14-7-9-15(10-8-14)17-6-4-5-16-11-12-20-18(16)17/h4-10,13,19H,3,11-12H2,1-2H3. The molecule has 0 saturated carbocycles. The fourth-order valence-electron chi connectivity index (χ4n) is 2.82. The Labute approximate surface area is 120 Å². The molecule has 1 heterocycles. The van der Waals surface area contributed by atoms with E-state index in [4.69, 9.17) is 4.74 Å². The summed E-state index contributed by atoms with van der Waals surface area (Å²) >= 11 is 0. The highest BCUT2D eigenvalue weighted by Gasteiger charge is 2.16. The Hall–Kier alpha value is -1.80. The Morgan fingerprint density at radius 1 is 1.15 bits per heavy atom. The normalized spacial score (nSPS) is 14.7. The minimum Gasteiger partial charge on any atom is -0.492 e.